The highest BCUT2D eigenvalue weighted by Gasteiger charge is 2.37. The third-order valence-electron chi connectivity index (χ3n) is 6.30. The molecule has 0 aromatic heterocycles. The fourth-order valence-corrected chi connectivity index (χ4v) is 4.35. The van der Waals surface area contributed by atoms with Gasteiger partial charge in [-0.1, -0.05) is 23.7 Å². The van der Waals surface area contributed by atoms with Gasteiger partial charge in [0.2, 0.25) is 5.78 Å². The summed E-state index contributed by atoms with van der Waals surface area (Å²) in [6.45, 7) is 1.46. The lowest BCUT2D eigenvalue weighted by Gasteiger charge is -2.15. The molecule has 8 nitrogen and oxygen atoms in total. The van der Waals surface area contributed by atoms with Gasteiger partial charge in [-0.25, -0.2) is 9.69 Å². The maximum atomic E-state index is 13.2. The van der Waals surface area contributed by atoms with E-state index in [1.54, 1.807) is 67.8 Å². The molecule has 200 valence electrons. The second kappa shape index (κ2) is 11.0. The number of rotatable bonds is 8. The normalized spacial score (nSPS) is 13.0. The maximum absolute atomic E-state index is 13.2. The summed E-state index contributed by atoms with van der Waals surface area (Å²) in [7, 11) is 1.54. The lowest BCUT2D eigenvalue weighted by Crippen LogP contribution is -2.29. The van der Waals surface area contributed by atoms with Gasteiger partial charge in [0.1, 0.15) is 5.75 Å². The van der Waals surface area contributed by atoms with Gasteiger partial charge < -0.3 is 14.2 Å². The van der Waals surface area contributed by atoms with Gasteiger partial charge in [0.05, 0.1) is 29.5 Å². The van der Waals surface area contributed by atoms with E-state index in [4.69, 9.17) is 25.8 Å². The third kappa shape index (κ3) is 5.17. The van der Waals surface area contributed by atoms with Crippen molar-refractivity contribution < 1.29 is 33.4 Å². The summed E-state index contributed by atoms with van der Waals surface area (Å²) in [6.07, 6.45) is -1.08. The van der Waals surface area contributed by atoms with E-state index in [9.17, 15) is 19.2 Å². The molecule has 0 saturated carbocycles. The van der Waals surface area contributed by atoms with E-state index in [1.807, 2.05) is 12.1 Å². The van der Waals surface area contributed by atoms with Crippen LogP contribution in [0.2, 0.25) is 5.02 Å². The number of ether oxygens (including phenoxy) is 3. The van der Waals surface area contributed by atoms with Crippen molar-refractivity contribution in [3.8, 4) is 17.2 Å². The number of hydrogen-bond acceptors (Lipinski definition) is 7. The number of imide groups is 1. The zero-order valence-electron chi connectivity index (χ0n) is 21.4. The Morgan fingerprint density at radius 3 is 2.08 bits per heavy atom. The largest absolute Gasteiger partial charge is 0.493 e. The van der Waals surface area contributed by atoms with Crippen LogP contribution in [0, 0.1) is 0 Å². The van der Waals surface area contributed by atoms with Crippen LogP contribution in [0.25, 0.3) is 0 Å². The Hall–Kier alpha value is -4.95. The lowest BCUT2D eigenvalue weighted by atomic mass is 10.1. The Balaban J connectivity index is 1.30. The minimum Gasteiger partial charge on any atom is -0.493 e. The molecule has 4 aromatic rings. The molecule has 1 aliphatic rings. The molecule has 1 aliphatic heterocycles. The van der Waals surface area contributed by atoms with Gasteiger partial charge in [-0.15, -0.1) is 0 Å². The number of carbonyl (C=O) groups is 4. The highest BCUT2D eigenvalue weighted by Crippen LogP contribution is 2.34. The van der Waals surface area contributed by atoms with E-state index in [0.29, 0.717) is 33.5 Å². The molecule has 1 unspecified atom stereocenters. The second-order valence-corrected chi connectivity index (χ2v) is 9.31. The number of ketones is 1. The molecular weight excluding hydrogens is 534 g/mol. The van der Waals surface area contributed by atoms with Crippen LogP contribution in [0.1, 0.15) is 48.4 Å². The first-order valence-electron chi connectivity index (χ1n) is 12.2. The Kier molecular flexibility index (Phi) is 7.35. The third-order valence-corrected chi connectivity index (χ3v) is 6.55. The molecule has 1 atom stereocenters. The van der Waals surface area contributed by atoms with Crippen molar-refractivity contribution in [2.24, 2.45) is 0 Å². The van der Waals surface area contributed by atoms with Crippen molar-refractivity contribution in [3.63, 3.8) is 0 Å². The van der Waals surface area contributed by atoms with Gasteiger partial charge in [-0.3, -0.25) is 14.4 Å². The number of anilines is 1. The van der Waals surface area contributed by atoms with E-state index in [0.717, 1.165) is 4.90 Å². The van der Waals surface area contributed by atoms with Crippen LogP contribution in [0.4, 0.5) is 5.69 Å². The smallest absolute Gasteiger partial charge is 0.338 e. The number of benzene rings is 4. The number of nitrogens with zero attached hydrogens (tertiary/aromatic N) is 1. The molecule has 4 aromatic carbocycles. The lowest BCUT2D eigenvalue weighted by molar-refractivity contribution is 0.0318. The van der Waals surface area contributed by atoms with Gasteiger partial charge in [0.15, 0.2) is 17.6 Å². The number of methoxy groups -OCH3 is 1. The predicted octanol–water partition coefficient (Wildman–Crippen LogP) is 6.37. The topological polar surface area (TPSA) is 99.2 Å². The van der Waals surface area contributed by atoms with E-state index in [-0.39, 0.29) is 16.7 Å². The number of fused-ring (bicyclic) bond motifs is 1. The van der Waals surface area contributed by atoms with Crippen LogP contribution in [-0.2, 0) is 4.74 Å². The minimum absolute atomic E-state index is 0.0399. The molecule has 2 amide bonds. The molecule has 1 heterocycles. The average molecular weight is 556 g/mol. The van der Waals surface area contributed by atoms with Crippen molar-refractivity contribution in [1.29, 1.82) is 0 Å². The number of halogens is 1. The van der Waals surface area contributed by atoms with Gasteiger partial charge in [-0.2, -0.15) is 0 Å². The van der Waals surface area contributed by atoms with Crippen LogP contribution in [0.15, 0.2) is 91.0 Å². The number of amides is 2. The maximum Gasteiger partial charge on any atom is 0.338 e. The molecule has 0 radical (unpaired) electrons. The quantitative estimate of drug-likeness (QED) is 0.141. The second-order valence-electron chi connectivity index (χ2n) is 8.87. The Morgan fingerprint density at radius 2 is 1.40 bits per heavy atom. The number of esters is 1. The van der Waals surface area contributed by atoms with Crippen LogP contribution in [0.3, 0.4) is 0 Å². The molecule has 0 spiro atoms. The molecule has 0 N–H and O–H groups in total. The van der Waals surface area contributed by atoms with Gasteiger partial charge in [0, 0.05) is 10.6 Å². The number of Topliss-reactive ketones (excluding diaryl/α,β-unsaturated/α-hetero) is 1. The Bertz CT molecular complexity index is 1630. The number of hydrogen-bond donors (Lipinski definition) is 0. The molecule has 40 heavy (non-hydrogen) atoms. The summed E-state index contributed by atoms with van der Waals surface area (Å²) in [5.74, 6) is -0.747. The van der Waals surface area contributed by atoms with Crippen LogP contribution in [-0.4, -0.2) is 36.8 Å². The molecule has 9 heteroatoms. The fourth-order valence-electron chi connectivity index (χ4n) is 4.23. The molecule has 5 rings (SSSR count). The monoisotopic (exact) mass is 555 g/mol. The summed E-state index contributed by atoms with van der Waals surface area (Å²) in [5.41, 5.74) is 0.934. The standard InChI is InChI=1S/C31H22ClNO7/c1-18(28(34)19-7-10-21(32)11-8-19)39-31(37)20-9-16-24-25(17-20)30(36)33(29(24)35)22-12-14-23(15-13-22)40-27-6-4-3-5-26(27)38-2/h3-18H,1-2H3. The predicted molar refractivity (Wildman–Crippen MR) is 148 cm³/mol. The summed E-state index contributed by atoms with van der Waals surface area (Å²) >= 11 is 5.86. The van der Waals surface area contributed by atoms with Crippen molar-refractivity contribution in [3.05, 3.63) is 118 Å². The van der Waals surface area contributed by atoms with Crippen LogP contribution in [0.5, 0.6) is 17.2 Å². The summed E-state index contributed by atoms with van der Waals surface area (Å²) in [5, 5.41) is 0.477. The van der Waals surface area contributed by atoms with Crippen molar-refractivity contribution in [2.45, 2.75) is 13.0 Å². The highest BCUT2D eigenvalue weighted by atomic mass is 35.5. The minimum atomic E-state index is -1.08. The van der Waals surface area contributed by atoms with Crippen molar-refractivity contribution in [1.82, 2.24) is 0 Å². The number of carbonyl (C=O) groups excluding carboxylic acids is 4. The zero-order valence-corrected chi connectivity index (χ0v) is 22.2. The average Bonchev–Trinajstić information content (AvgIpc) is 3.22. The molecule has 0 aliphatic carbocycles. The van der Waals surface area contributed by atoms with E-state index < -0.39 is 29.7 Å². The van der Waals surface area contributed by atoms with E-state index in [2.05, 4.69) is 0 Å². The highest BCUT2D eigenvalue weighted by molar-refractivity contribution is 6.34. The first-order valence-corrected chi connectivity index (χ1v) is 12.6. The zero-order chi connectivity index (χ0) is 28.4. The molecular formula is C31H22ClNO7. The Morgan fingerprint density at radius 1 is 0.775 bits per heavy atom. The molecule has 0 bridgehead atoms. The SMILES string of the molecule is COc1ccccc1Oc1ccc(N2C(=O)c3ccc(C(=O)OC(C)C(=O)c4ccc(Cl)cc4)cc3C2=O)cc1. The van der Waals surface area contributed by atoms with Gasteiger partial charge >= 0.3 is 5.97 Å². The molecule has 0 saturated heterocycles. The van der Waals surface area contributed by atoms with Crippen LogP contribution >= 0.6 is 11.6 Å². The fraction of sp³-hybridized carbons (Fsp3) is 0.0968. The van der Waals surface area contributed by atoms with E-state index >= 15 is 0 Å². The number of para-hydroxylation sites is 2. The first-order chi connectivity index (χ1) is 19.3. The Labute approximate surface area is 234 Å². The molecule has 0 fully saturated rings. The van der Waals surface area contributed by atoms with Crippen molar-refractivity contribution in [2.75, 3.05) is 12.0 Å². The van der Waals surface area contributed by atoms with Gasteiger partial charge in [-0.05, 0) is 85.8 Å². The van der Waals surface area contributed by atoms with Gasteiger partial charge in [0.25, 0.3) is 11.8 Å². The van der Waals surface area contributed by atoms with Crippen molar-refractivity contribution >= 4 is 40.9 Å². The first kappa shape index (κ1) is 26.6. The van der Waals surface area contributed by atoms with Crippen LogP contribution < -0.4 is 14.4 Å². The summed E-state index contributed by atoms with van der Waals surface area (Å²) in [4.78, 5) is 52.7. The summed E-state index contributed by atoms with van der Waals surface area (Å²) < 4.78 is 16.5. The van der Waals surface area contributed by atoms with E-state index in [1.165, 1.54) is 25.1 Å². The summed E-state index contributed by atoms with van der Waals surface area (Å²) in [6, 6.07) is 23.9.